The highest BCUT2D eigenvalue weighted by Gasteiger charge is 2.23. The van der Waals surface area contributed by atoms with Crippen molar-refractivity contribution in [2.24, 2.45) is 4.99 Å². The van der Waals surface area contributed by atoms with Gasteiger partial charge in [0.25, 0.3) is 0 Å². The van der Waals surface area contributed by atoms with Crippen LogP contribution in [0.3, 0.4) is 0 Å². The molecule has 0 atom stereocenters. The van der Waals surface area contributed by atoms with Crippen LogP contribution in [0.5, 0.6) is 11.5 Å². The van der Waals surface area contributed by atoms with Crippen LogP contribution in [0, 0.1) is 0 Å². The first kappa shape index (κ1) is 21.1. The van der Waals surface area contributed by atoms with Gasteiger partial charge in [0.1, 0.15) is 0 Å². The van der Waals surface area contributed by atoms with Crippen molar-refractivity contribution in [1.82, 2.24) is 10.2 Å². The van der Waals surface area contributed by atoms with Crippen LogP contribution in [0.2, 0.25) is 0 Å². The molecule has 0 unspecified atom stereocenters. The van der Waals surface area contributed by atoms with Crippen molar-refractivity contribution in [3.05, 3.63) is 46.2 Å². The molecule has 0 radical (unpaired) electrons. The highest BCUT2D eigenvalue weighted by atomic mass is 32.1. The van der Waals surface area contributed by atoms with E-state index in [1.807, 2.05) is 19.2 Å². The molecule has 1 heterocycles. The summed E-state index contributed by atoms with van der Waals surface area (Å²) in [6, 6.07) is 10.4. The van der Waals surface area contributed by atoms with Crippen LogP contribution < -0.4 is 14.8 Å². The average molecular weight is 390 g/mol. The first-order valence-corrected chi connectivity index (χ1v) is 9.96. The van der Waals surface area contributed by atoms with Crippen LogP contribution in [-0.4, -0.2) is 52.3 Å². The van der Waals surface area contributed by atoms with Crippen LogP contribution in [0.15, 0.2) is 40.7 Å². The smallest absolute Gasteiger partial charge is 0.193 e. The number of methoxy groups -OCH3 is 2. The van der Waals surface area contributed by atoms with E-state index in [4.69, 9.17) is 9.47 Å². The minimum absolute atomic E-state index is 0.0932. The number of aliphatic imine (C=N–C) groups is 1. The Bertz CT molecular complexity index is 742. The van der Waals surface area contributed by atoms with E-state index in [9.17, 15) is 0 Å². The minimum Gasteiger partial charge on any atom is -0.493 e. The molecule has 0 fully saturated rings. The molecule has 5 nitrogen and oxygen atoms in total. The van der Waals surface area contributed by atoms with Crippen molar-refractivity contribution in [2.75, 3.05) is 41.4 Å². The van der Waals surface area contributed by atoms with Gasteiger partial charge in [-0.3, -0.25) is 4.99 Å². The topological polar surface area (TPSA) is 46.1 Å². The van der Waals surface area contributed by atoms with E-state index in [1.165, 1.54) is 10.4 Å². The second kappa shape index (κ2) is 9.65. The second-order valence-electron chi connectivity index (χ2n) is 7.11. The van der Waals surface area contributed by atoms with Gasteiger partial charge in [-0.2, -0.15) is 0 Å². The molecular formula is C21H31N3O2S. The highest BCUT2D eigenvalue weighted by Crippen LogP contribution is 2.32. The molecule has 0 spiro atoms. The summed E-state index contributed by atoms with van der Waals surface area (Å²) in [7, 11) is 7.22. The summed E-state index contributed by atoms with van der Waals surface area (Å²) in [5, 5.41) is 5.63. The monoisotopic (exact) mass is 389 g/mol. The van der Waals surface area contributed by atoms with E-state index in [1.54, 1.807) is 25.6 Å². The third-order valence-electron chi connectivity index (χ3n) is 4.70. The van der Waals surface area contributed by atoms with Gasteiger partial charge in [-0.05, 0) is 35.6 Å². The molecule has 0 saturated heterocycles. The number of nitrogens with zero attached hydrogens (tertiary/aromatic N) is 2. The zero-order valence-electron chi connectivity index (χ0n) is 17.2. The zero-order chi connectivity index (χ0) is 19.9. The van der Waals surface area contributed by atoms with Gasteiger partial charge in [0.05, 0.1) is 14.2 Å². The van der Waals surface area contributed by atoms with Gasteiger partial charge in [0.15, 0.2) is 17.5 Å². The van der Waals surface area contributed by atoms with Gasteiger partial charge in [-0.25, -0.2) is 0 Å². The Morgan fingerprint density at radius 2 is 1.93 bits per heavy atom. The van der Waals surface area contributed by atoms with Crippen LogP contribution in [0.4, 0.5) is 0 Å². The summed E-state index contributed by atoms with van der Waals surface area (Å²) in [5.74, 6) is 2.40. The summed E-state index contributed by atoms with van der Waals surface area (Å²) in [6.07, 6.45) is 1.02. The summed E-state index contributed by atoms with van der Waals surface area (Å²) in [5.41, 5.74) is 1.09. The summed E-state index contributed by atoms with van der Waals surface area (Å²) in [4.78, 5) is 8.00. The Hall–Kier alpha value is -2.21. The van der Waals surface area contributed by atoms with E-state index in [-0.39, 0.29) is 5.41 Å². The van der Waals surface area contributed by atoms with Crippen molar-refractivity contribution >= 4 is 17.3 Å². The van der Waals surface area contributed by atoms with Crippen molar-refractivity contribution in [3.8, 4) is 11.5 Å². The molecule has 27 heavy (non-hydrogen) atoms. The van der Waals surface area contributed by atoms with Crippen LogP contribution in [0.25, 0.3) is 0 Å². The summed E-state index contributed by atoms with van der Waals surface area (Å²) >= 11 is 1.80. The van der Waals surface area contributed by atoms with E-state index in [2.05, 4.69) is 59.7 Å². The Morgan fingerprint density at radius 1 is 1.19 bits per heavy atom. The third kappa shape index (κ3) is 5.63. The molecule has 1 N–H and O–H groups in total. The van der Waals surface area contributed by atoms with Crippen molar-refractivity contribution in [1.29, 1.82) is 0 Å². The fourth-order valence-corrected chi connectivity index (χ4v) is 3.58. The van der Waals surface area contributed by atoms with Crippen molar-refractivity contribution in [3.63, 3.8) is 0 Å². The van der Waals surface area contributed by atoms with Crippen molar-refractivity contribution < 1.29 is 9.47 Å². The molecule has 6 heteroatoms. The minimum atomic E-state index is -0.0932. The van der Waals surface area contributed by atoms with E-state index < -0.39 is 0 Å². The Labute approximate surface area is 167 Å². The second-order valence-corrected chi connectivity index (χ2v) is 8.14. The number of ether oxygens (including phenoxy) is 2. The molecule has 0 bridgehead atoms. The van der Waals surface area contributed by atoms with Gasteiger partial charge in [0, 0.05) is 37.5 Å². The lowest BCUT2D eigenvalue weighted by atomic mass is 9.84. The summed E-state index contributed by atoms with van der Waals surface area (Å²) in [6.45, 7) is 6.11. The normalized spacial score (nSPS) is 12.0. The van der Waals surface area contributed by atoms with Crippen molar-refractivity contribution in [2.45, 2.75) is 25.7 Å². The predicted octanol–water partition coefficient (Wildman–Crippen LogP) is 3.79. The number of hydrogen-bond donors (Lipinski definition) is 1. The third-order valence-corrected chi connectivity index (χ3v) is 5.64. The number of thiophene rings is 1. The lowest BCUT2D eigenvalue weighted by Crippen LogP contribution is -2.44. The maximum absolute atomic E-state index is 5.45. The predicted molar refractivity (Wildman–Crippen MR) is 115 cm³/mol. The lowest BCUT2D eigenvalue weighted by Gasteiger charge is -2.29. The lowest BCUT2D eigenvalue weighted by molar-refractivity contribution is 0.353. The van der Waals surface area contributed by atoms with Gasteiger partial charge < -0.3 is 19.7 Å². The maximum Gasteiger partial charge on any atom is 0.193 e. The molecule has 1 aromatic carbocycles. The van der Waals surface area contributed by atoms with Crippen LogP contribution >= 0.6 is 11.3 Å². The molecule has 2 rings (SSSR count). The Kier molecular flexibility index (Phi) is 7.54. The Morgan fingerprint density at radius 3 is 2.52 bits per heavy atom. The van der Waals surface area contributed by atoms with Gasteiger partial charge >= 0.3 is 0 Å². The molecule has 0 aliphatic heterocycles. The van der Waals surface area contributed by atoms with Gasteiger partial charge in [0.2, 0.25) is 0 Å². The molecule has 2 aromatic rings. The Balaban J connectivity index is 1.99. The molecule has 0 aliphatic carbocycles. The standard InChI is InChI=1S/C21H31N3O2S/c1-21(2,16-9-10-18(25-5)19(14-16)26-6)15-23-20(22-3)24(4)12-11-17-8-7-13-27-17/h7-10,13-14H,11-12,15H2,1-6H3,(H,22,23). The molecular weight excluding hydrogens is 358 g/mol. The average Bonchev–Trinajstić information content (AvgIpc) is 3.19. The van der Waals surface area contributed by atoms with E-state index >= 15 is 0 Å². The SMILES string of the molecule is CN=C(NCC(C)(C)c1ccc(OC)c(OC)c1)N(C)CCc1cccs1. The molecule has 148 valence electrons. The number of guanidine groups is 1. The highest BCUT2D eigenvalue weighted by molar-refractivity contribution is 7.09. The fraction of sp³-hybridized carbons (Fsp3) is 0.476. The van der Waals surface area contributed by atoms with E-state index in [0.29, 0.717) is 0 Å². The number of hydrogen-bond acceptors (Lipinski definition) is 4. The van der Waals surface area contributed by atoms with Crippen LogP contribution in [-0.2, 0) is 11.8 Å². The number of nitrogens with one attached hydrogen (secondary N) is 1. The molecule has 0 saturated carbocycles. The number of likely N-dealkylation sites (N-methyl/N-ethyl adjacent to an activating group) is 1. The largest absolute Gasteiger partial charge is 0.493 e. The molecule has 1 aromatic heterocycles. The first-order chi connectivity index (χ1) is 12.9. The zero-order valence-corrected chi connectivity index (χ0v) is 18.0. The van der Waals surface area contributed by atoms with Gasteiger partial charge in [-0.1, -0.05) is 26.0 Å². The quantitative estimate of drug-likeness (QED) is 0.551. The maximum atomic E-state index is 5.45. The summed E-state index contributed by atoms with van der Waals surface area (Å²) < 4.78 is 10.8. The number of benzene rings is 1. The van der Waals surface area contributed by atoms with E-state index in [0.717, 1.165) is 37.0 Å². The fourth-order valence-electron chi connectivity index (χ4n) is 2.88. The molecule has 0 aliphatic rings. The first-order valence-electron chi connectivity index (χ1n) is 9.08. The van der Waals surface area contributed by atoms with Crippen LogP contribution in [0.1, 0.15) is 24.3 Å². The number of rotatable bonds is 8. The van der Waals surface area contributed by atoms with Gasteiger partial charge in [-0.15, -0.1) is 11.3 Å². The molecule has 0 amide bonds.